The molecule has 1 aliphatic heterocycles. The molecule has 6 heteroatoms. The standard InChI is InChI=1S/C13H19F2NO3/c1-8-10(12(18)19)4-7-16(8)11(17)9-2-5-13(14,15)6-3-9/h8-10H,2-7H2,1H3,(H,18,19). The fraction of sp³-hybridized carbons (Fsp3) is 0.846. The van der Waals surface area contributed by atoms with Crippen molar-refractivity contribution in [2.75, 3.05) is 6.54 Å². The summed E-state index contributed by atoms with van der Waals surface area (Å²) >= 11 is 0. The molecule has 1 saturated heterocycles. The van der Waals surface area contributed by atoms with Crippen molar-refractivity contribution in [2.24, 2.45) is 11.8 Å². The van der Waals surface area contributed by atoms with Crippen LogP contribution in [0.1, 0.15) is 39.0 Å². The fourth-order valence-corrected chi connectivity index (χ4v) is 3.10. The number of likely N-dealkylation sites (tertiary alicyclic amines) is 1. The molecule has 4 nitrogen and oxygen atoms in total. The highest BCUT2D eigenvalue weighted by molar-refractivity contribution is 5.81. The molecule has 0 bridgehead atoms. The summed E-state index contributed by atoms with van der Waals surface area (Å²) in [5.41, 5.74) is 0. The van der Waals surface area contributed by atoms with Crippen LogP contribution in [0.25, 0.3) is 0 Å². The van der Waals surface area contributed by atoms with Gasteiger partial charge < -0.3 is 10.0 Å². The van der Waals surface area contributed by atoms with E-state index < -0.39 is 17.8 Å². The van der Waals surface area contributed by atoms with Crippen LogP contribution < -0.4 is 0 Å². The molecule has 0 aromatic carbocycles. The van der Waals surface area contributed by atoms with Gasteiger partial charge in [0.2, 0.25) is 11.8 Å². The molecule has 2 unspecified atom stereocenters. The minimum Gasteiger partial charge on any atom is -0.481 e. The number of aliphatic carboxylic acids is 1. The van der Waals surface area contributed by atoms with Crippen LogP contribution in [-0.2, 0) is 9.59 Å². The van der Waals surface area contributed by atoms with E-state index in [4.69, 9.17) is 5.11 Å². The van der Waals surface area contributed by atoms with Crippen molar-refractivity contribution >= 4 is 11.9 Å². The monoisotopic (exact) mass is 275 g/mol. The molecule has 2 aliphatic rings. The Morgan fingerprint density at radius 1 is 1.21 bits per heavy atom. The Morgan fingerprint density at radius 3 is 2.26 bits per heavy atom. The second kappa shape index (κ2) is 5.06. The average Bonchev–Trinajstić information content (AvgIpc) is 2.70. The lowest BCUT2D eigenvalue weighted by molar-refractivity contribution is -0.144. The third kappa shape index (κ3) is 2.87. The highest BCUT2D eigenvalue weighted by Gasteiger charge is 2.43. The van der Waals surface area contributed by atoms with Crippen LogP contribution in [0, 0.1) is 11.8 Å². The molecule has 108 valence electrons. The number of carbonyl (C=O) groups is 2. The predicted molar refractivity (Wildman–Crippen MR) is 63.8 cm³/mol. The normalized spacial score (nSPS) is 31.4. The fourth-order valence-electron chi connectivity index (χ4n) is 3.10. The first-order valence-corrected chi connectivity index (χ1v) is 6.73. The predicted octanol–water partition coefficient (Wildman–Crippen LogP) is 2.13. The number of hydrogen-bond donors (Lipinski definition) is 1. The first-order chi connectivity index (χ1) is 8.82. The van der Waals surface area contributed by atoms with E-state index in [9.17, 15) is 18.4 Å². The van der Waals surface area contributed by atoms with Crippen molar-refractivity contribution in [2.45, 2.75) is 51.0 Å². The van der Waals surface area contributed by atoms with E-state index in [0.29, 0.717) is 13.0 Å². The molecule has 0 radical (unpaired) electrons. The van der Waals surface area contributed by atoms with Crippen molar-refractivity contribution in [3.8, 4) is 0 Å². The Bertz CT molecular complexity index is 376. The van der Waals surface area contributed by atoms with E-state index in [1.54, 1.807) is 11.8 Å². The van der Waals surface area contributed by atoms with Crippen LogP contribution in [0.5, 0.6) is 0 Å². The number of hydrogen-bond acceptors (Lipinski definition) is 2. The summed E-state index contributed by atoms with van der Waals surface area (Å²) in [5.74, 6) is -4.58. The van der Waals surface area contributed by atoms with Crippen LogP contribution in [0.2, 0.25) is 0 Å². The second-order valence-electron chi connectivity index (χ2n) is 5.64. The molecule has 0 spiro atoms. The minimum atomic E-state index is -2.64. The second-order valence-corrected chi connectivity index (χ2v) is 5.64. The third-order valence-electron chi connectivity index (χ3n) is 4.42. The van der Waals surface area contributed by atoms with E-state index in [1.165, 1.54) is 0 Å². The molecule has 1 N–H and O–H groups in total. The Hall–Kier alpha value is -1.20. The van der Waals surface area contributed by atoms with Gasteiger partial charge in [-0.05, 0) is 26.2 Å². The van der Waals surface area contributed by atoms with Crippen LogP contribution in [0.4, 0.5) is 8.78 Å². The van der Waals surface area contributed by atoms with E-state index in [-0.39, 0.29) is 43.6 Å². The number of amides is 1. The smallest absolute Gasteiger partial charge is 0.308 e. The summed E-state index contributed by atoms with van der Waals surface area (Å²) in [6, 6.07) is -0.340. The van der Waals surface area contributed by atoms with Crippen LogP contribution in [0.3, 0.4) is 0 Å². The lowest BCUT2D eigenvalue weighted by atomic mass is 9.85. The molecule has 0 aromatic heterocycles. The van der Waals surface area contributed by atoms with Gasteiger partial charge in [-0.3, -0.25) is 9.59 Å². The van der Waals surface area contributed by atoms with Crippen LogP contribution in [0.15, 0.2) is 0 Å². The molecular formula is C13H19F2NO3. The summed E-state index contributed by atoms with van der Waals surface area (Å²) in [6.45, 7) is 2.14. The number of carboxylic acids is 1. The van der Waals surface area contributed by atoms with Gasteiger partial charge in [0.1, 0.15) is 0 Å². The molecule has 1 aliphatic carbocycles. The highest BCUT2D eigenvalue weighted by atomic mass is 19.3. The van der Waals surface area contributed by atoms with Crippen molar-refractivity contribution in [3.05, 3.63) is 0 Å². The summed E-state index contributed by atoms with van der Waals surface area (Å²) in [4.78, 5) is 24.8. The van der Waals surface area contributed by atoms with Crippen molar-refractivity contribution < 1.29 is 23.5 Å². The molecule has 1 saturated carbocycles. The maximum atomic E-state index is 13.1. The Balaban J connectivity index is 1.96. The zero-order valence-electron chi connectivity index (χ0n) is 10.9. The van der Waals surface area contributed by atoms with Gasteiger partial charge in [-0.2, -0.15) is 0 Å². The number of halogens is 2. The van der Waals surface area contributed by atoms with E-state index in [1.807, 2.05) is 0 Å². The minimum absolute atomic E-state index is 0.147. The van der Waals surface area contributed by atoms with Crippen LogP contribution in [-0.4, -0.2) is 40.4 Å². The largest absolute Gasteiger partial charge is 0.481 e. The quantitative estimate of drug-likeness (QED) is 0.840. The molecule has 2 atom stereocenters. The first kappa shape index (κ1) is 14.2. The van der Waals surface area contributed by atoms with Gasteiger partial charge in [-0.25, -0.2) is 8.78 Å². The molecule has 0 aromatic rings. The summed E-state index contributed by atoms with van der Waals surface area (Å²) < 4.78 is 26.1. The number of nitrogens with zero attached hydrogens (tertiary/aromatic N) is 1. The number of rotatable bonds is 2. The van der Waals surface area contributed by atoms with Gasteiger partial charge in [-0.1, -0.05) is 0 Å². The molecular weight excluding hydrogens is 256 g/mol. The maximum Gasteiger partial charge on any atom is 0.308 e. The van der Waals surface area contributed by atoms with Crippen molar-refractivity contribution in [3.63, 3.8) is 0 Å². The number of alkyl halides is 2. The van der Waals surface area contributed by atoms with Gasteiger partial charge in [0.15, 0.2) is 0 Å². The topological polar surface area (TPSA) is 57.6 Å². The van der Waals surface area contributed by atoms with Gasteiger partial charge in [0.25, 0.3) is 0 Å². The Morgan fingerprint density at radius 2 is 1.79 bits per heavy atom. The zero-order chi connectivity index (χ0) is 14.2. The molecule has 1 heterocycles. The molecule has 2 rings (SSSR count). The average molecular weight is 275 g/mol. The third-order valence-corrected chi connectivity index (χ3v) is 4.42. The lowest BCUT2D eigenvalue weighted by Gasteiger charge is -2.32. The number of carbonyl (C=O) groups excluding carboxylic acids is 1. The van der Waals surface area contributed by atoms with Gasteiger partial charge in [0.05, 0.1) is 5.92 Å². The SMILES string of the molecule is CC1C(C(=O)O)CCN1C(=O)C1CCC(F)(F)CC1. The van der Waals surface area contributed by atoms with Gasteiger partial charge in [0, 0.05) is 31.3 Å². The summed E-state index contributed by atoms with van der Waals surface area (Å²) in [7, 11) is 0. The first-order valence-electron chi connectivity index (χ1n) is 6.73. The van der Waals surface area contributed by atoms with Crippen molar-refractivity contribution in [1.29, 1.82) is 0 Å². The zero-order valence-corrected chi connectivity index (χ0v) is 10.9. The highest BCUT2D eigenvalue weighted by Crippen LogP contribution is 2.38. The van der Waals surface area contributed by atoms with Crippen LogP contribution >= 0.6 is 0 Å². The van der Waals surface area contributed by atoms with Gasteiger partial charge >= 0.3 is 5.97 Å². The summed E-state index contributed by atoms with van der Waals surface area (Å²) in [5, 5.41) is 9.03. The van der Waals surface area contributed by atoms with E-state index in [2.05, 4.69) is 0 Å². The van der Waals surface area contributed by atoms with E-state index in [0.717, 1.165) is 0 Å². The number of carboxylic acid groups (broad SMARTS) is 1. The van der Waals surface area contributed by atoms with Crippen molar-refractivity contribution in [1.82, 2.24) is 4.90 Å². The summed E-state index contributed by atoms with van der Waals surface area (Å²) in [6.07, 6.45) is 0.368. The molecule has 1 amide bonds. The Kier molecular flexibility index (Phi) is 3.78. The van der Waals surface area contributed by atoms with E-state index >= 15 is 0 Å². The Labute approximate surface area is 110 Å². The molecule has 2 fully saturated rings. The lowest BCUT2D eigenvalue weighted by Crippen LogP contribution is -2.43. The maximum absolute atomic E-state index is 13.1. The van der Waals surface area contributed by atoms with Gasteiger partial charge in [-0.15, -0.1) is 0 Å². The molecule has 19 heavy (non-hydrogen) atoms.